The van der Waals surface area contributed by atoms with E-state index in [0.29, 0.717) is 0 Å². The summed E-state index contributed by atoms with van der Waals surface area (Å²) in [6, 6.07) is 6.28. The van der Waals surface area contributed by atoms with Crippen LogP contribution in [0.2, 0.25) is 0 Å². The predicted octanol–water partition coefficient (Wildman–Crippen LogP) is 2.47. The van der Waals surface area contributed by atoms with Gasteiger partial charge in [0.15, 0.2) is 0 Å². The third kappa shape index (κ3) is 1.96. The molecule has 3 heteroatoms. The van der Waals surface area contributed by atoms with Crippen molar-refractivity contribution < 1.29 is 9.53 Å². The molecule has 15 heavy (non-hydrogen) atoms. The van der Waals surface area contributed by atoms with Gasteiger partial charge in [-0.05, 0) is 26.3 Å². The highest BCUT2D eigenvalue weighted by Crippen LogP contribution is 2.27. The first-order chi connectivity index (χ1) is 7.06. The Morgan fingerprint density at radius 3 is 2.27 bits per heavy atom. The van der Waals surface area contributed by atoms with Crippen LogP contribution < -0.4 is 5.32 Å². The van der Waals surface area contributed by atoms with Crippen LogP contribution in [0.1, 0.15) is 29.7 Å². The lowest BCUT2D eigenvalue weighted by Crippen LogP contribution is -2.23. The standard InChI is InChI=1S/C12H15NO2/c1-7-4-8(2)6-10(5-7)11-9(3)13-12(14)15-11/h4-6,9,11H,1-3H3,(H,13,14)/t9-,11?/m0/s1. The number of aryl methyl sites for hydroxylation is 2. The molecule has 3 nitrogen and oxygen atoms in total. The highest BCUT2D eigenvalue weighted by atomic mass is 16.6. The third-order valence-electron chi connectivity index (χ3n) is 2.61. The zero-order chi connectivity index (χ0) is 11.0. The van der Waals surface area contributed by atoms with Crippen LogP contribution in [0, 0.1) is 13.8 Å². The van der Waals surface area contributed by atoms with E-state index in [1.54, 1.807) is 0 Å². The van der Waals surface area contributed by atoms with Crippen molar-refractivity contribution in [1.82, 2.24) is 5.32 Å². The highest BCUT2D eigenvalue weighted by molar-refractivity contribution is 5.70. The quantitative estimate of drug-likeness (QED) is 0.764. The number of ether oxygens (including phenoxy) is 1. The summed E-state index contributed by atoms with van der Waals surface area (Å²) in [5, 5.41) is 2.74. The van der Waals surface area contributed by atoms with Gasteiger partial charge in [-0.15, -0.1) is 0 Å². The molecule has 80 valence electrons. The van der Waals surface area contributed by atoms with E-state index in [9.17, 15) is 4.79 Å². The fraction of sp³-hybridized carbons (Fsp3) is 0.417. The van der Waals surface area contributed by atoms with Crippen molar-refractivity contribution in [2.24, 2.45) is 0 Å². The average Bonchev–Trinajstić information content (AvgIpc) is 2.43. The molecular formula is C12H15NO2. The molecular weight excluding hydrogens is 190 g/mol. The molecule has 1 aromatic rings. The van der Waals surface area contributed by atoms with Crippen LogP contribution in [-0.4, -0.2) is 12.1 Å². The van der Waals surface area contributed by atoms with E-state index in [1.165, 1.54) is 11.1 Å². The molecule has 2 rings (SSSR count). The lowest BCUT2D eigenvalue weighted by Gasteiger charge is -2.14. The number of alkyl carbamates (subject to hydrolysis) is 1. The minimum atomic E-state index is -0.327. The maximum Gasteiger partial charge on any atom is 0.408 e. The van der Waals surface area contributed by atoms with E-state index >= 15 is 0 Å². The van der Waals surface area contributed by atoms with Gasteiger partial charge < -0.3 is 10.1 Å². The van der Waals surface area contributed by atoms with Crippen molar-refractivity contribution in [2.45, 2.75) is 32.9 Å². The number of cyclic esters (lactones) is 1. The molecule has 0 saturated carbocycles. The first-order valence-corrected chi connectivity index (χ1v) is 5.11. The minimum Gasteiger partial charge on any atom is -0.439 e. The number of nitrogens with one attached hydrogen (secondary N) is 1. The number of carbonyl (C=O) groups is 1. The summed E-state index contributed by atoms with van der Waals surface area (Å²) < 4.78 is 5.22. The van der Waals surface area contributed by atoms with Gasteiger partial charge >= 0.3 is 6.09 Å². The second kappa shape index (κ2) is 3.57. The van der Waals surface area contributed by atoms with Crippen LogP contribution in [0.4, 0.5) is 4.79 Å². The van der Waals surface area contributed by atoms with Gasteiger partial charge in [0.25, 0.3) is 0 Å². The van der Waals surface area contributed by atoms with E-state index < -0.39 is 0 Å². The van der Waals surface area contributed by atoms with Gasteiger partial charge in [0.2, 0.25) is 0 Å². The molecule has 1 aliphatic heterocycles. The molecule has 2 atom stereocenters. The van der Waals surface area contributed by atoms with Crippen LogP contribution in [-0.2, 0) is 4.74 Å². The van der Waals surface area contributed by atoms with Crippen molar-refractivity contribution in [1.29, 1.82) is 0 Å². The van der Waals surface area contributed by atoms with Gasteiger partial charge in [0, 0.05) is 0 Å². The second-order valence-corrected chi connectivity index (χ2v) is 4.18. The first kappa shape index (κ1) is 10.0. The number of carbonyl (C=O) groups excluding carboxylic acids is 1. The van der Waals surface area contributed by atoms with Crippen LogP contribution >= 0.6 is 0 Å². The number of amides is 1. The fourth-order valence-electron chi connectivity index (χ4n) is 2.04. The molecule has 1 unspecified atom stereocenters. The largest absolute Gasteiger partial charge is 0.439 e. The Morgan fingerprint density at radius 1 is 1.20 bits per heavy atom. The van der Waals surface area contributed by atoms with Gasteiger partial charge in [-0.1, -0.05) is 29.3 Å². The van der Waals surface area contributed by atoms with Gasteiger partial charge in [-0.2, -0.15) is 0 Å². The highest BCUT2D eigenvalue weighted by Gasteiger charge is 2.31. The van der Waals surface area contributed by atoms with Crippen molar-refractivity contribution in [3.8, 4) is 0 Å². The summed E-state index contributed by atoms with van der Waals surface area (Å²) in [5.41, 5.74) is 3.46. The summed E-state index contributed by atoms with van der Waals surface area (Å²) in [4.78, 5) is 11.1. The maximum atomic E-state index is 11.1. The summed E-state index contributed by atoms with van der Waals surface area (Å²) in [6.07, 6.45) is -0.484. The number of hydrogen-bond donors (Lipinski definition) is 1. The molecule has 1 amide bonds. The Labute approximate surface area is 89.4 Å². The molecule has 0 spiro atoms. The van der Waals surface area contributed by atoms with Crippen molar-refractivity contribution >= 4 is 6.09 Å². The molecule has 0 aliphatic carbocycles. The fourth-order valence-corrected chi connectivity index (χ4v) is 2.04. The molecule has 1 fully saturated rings. The Balaban J connectivity index is 2.33. The Bertz CT molecular complexity index is 380. The van der Waals surface area contributed by atoms with E-state index in [2.05, 4.69) is 23.5 Å². The Hall–Kier alpha value is -1.51. The monoisotopic (exact) mass is 205 g/mol. The molecule has 0 bridgehead atoms. The van der Waals surface area contributed by atoms with Crippen molar-refractivity contribution in [2.75, 3.05) is 0 Å². The summed E-state index contributed by atoms with van der Waals surface area (Å²) in [7, 11) is 0. The summed E-state index contributed by atoms with van der Waals surface area (Å²) in [5.74, 6) is 0. The lowest BCUT2D eigenvalue weighted by molar-refractivity contribution is 0.134. The normalized spacial score (nSPS) is 24.9. The molecule has 1 aromatic carbocycles. The second-order valence-electron chi connectivity index (χ2n) is 4.18. The van der Waals surface area contributed by atoms with Crippen LogP contribution in [0.3, 0.4) is 0 Å². The number of rotatable bonds is 1. The third-order valence-corrected chi connectivity index (χ3v) is 2.61. The molecule has 0 aromatic heterocycles. The Morgan fingerprint density at radius 2 is 1.80 bits per heavy atom. The van der Waals surface area contributed by atoms with Crippen molar-refractivity contribution in [3.05, 3.63) is 34.9 Å². The molecule has 1 saturated heterocycles. The van der Waals surface area contributed by atoms with Crippen molar-refractivity contribution in [3.63, 3.8) is 0 Å². The topological polar surface area (TPSA) is 38.3 Å². The smallest absolute Gasteiger partial charge is 0.408 e. The van der Waals surface area contributed by atoms with E-state index in [0.717, 1.165) is 5.56 Å². The summed E-state index contributed by atoms with van der Waals surface area (Å²) >= 11 is 0. The Kier molecular flexibility index (Phi) is 2.39. The van der Waals surface area contributed by atoms with Gasteiger partial charge in [0.1, 0.15) is 6.10 Å². The molecule has 1 N–H and O–H groups in total. The van der Waals surface area contributed by atoms with E-state index in [1.807, 2.05) is 20.8 Å². The van der Waals surface area contributed by atoms with Crippen LogP contribution in [0.15, 0.2) is 18.2 Å². The number of benzene rings is 1. The SMILES string of the molecule is Cc1cc(C)cc(C2OC(=O)N[C@H]2C)c1. The average molecular weight is 205 g/mol. The van der Waals surface area contributed by atoms with Crippen LogP contribution in [0.5, 0.6) is 0 Å². The molecule has 1 heterocycles. The number of hydrogen-bond acceptors (Lipinski definition) is 2. The minimum absolute atomic E-state index is 0.0405. The maximum absolute atomic E-state index is 11.1. The zero-order valence-electron chi connectivity index (χ0n) is 9.20. The van der Waals surface area contributed by atoms with Crippen LogP contribution in [0.25, 0.3) is 0 Å². The first-order valence-electron chi connectivity index (χ1n) is 5.11. The lowest BCUT2D eigenvalue weighted by atomic mass is 10.00. The van der Waals surface area contributed by atoms with Gasteiger partial charge in [0.05, 0.1) is 6.04 Å². The molecule has 1 aliphatic rings. The zero-order valence-corrected chi connectivity index (χ0v) is 9.20. The van der Waals surface area contributed by atoms with Gasteiger partial charge in [-0.25, -0.2) is 4.79 Å². The predicted molar refractivity (Wildman–Crippen MR) is 57.7 cm³/mol. The van der Waals surface area contributed by atoms with E-state index in [-0.39, 0.29) is 18.2 Å². The molecule has 0 radical (unpaired) electrons. The summed E-state index contributed by atoms with van der Waals surface area (Å²) in [6.45, 7) is 6.05. The van der Waals surface area contributed by atoms with E-state index in [4.69, 9.17) is 4.74 Å². The van der Waals surface area contributed by atoms with Gasteiger partial charge in [-0.3, -0.25) is 0 Å².